The summed E-state index contributed by atoms with van der Waals surface area (Å²) in [6.07, 6.45) is 4.58. The van der Waals surface area contributed by atoms with E-state index in [1.807, 2.05) is 23.9 Å². The molecule has 2 aromatic heterocycles. The maximum atomic E-state index is 13.6. The zero-order chi connectivity index (χ0) is 16.2. The Morgan fingerprint density at radius 3 is 2.91 bits per heavy atom. The maximum Gasteiger partial charge on any atom is 0.130 e. The summed E-state index contributed by atoms with van der Waals surface area (Å²) in [6, 6.07) is 6.45. The fraction of sp³-hybridized carbons (Fsp3) is 0.294. The van der Waals surface area contributed by atoms with E-state index < -0.39 is 0 Å². The van der Waals surface area contributed by atoms with Gasteiger partial charge in [0.15, 0.2) is 0 Å². The number of imidazole rings is 1. The van der Waals surface area contributed by atoms with Crippen LogP contribution in [0.15, 0.2) is 42.0 Å². The van der Waals surface area contributed by atoms with E-state index in [9.17, 15) is 4.39 Å². The molecule has 6 heteroatoms. The van der Waals surface area contributed by atoms with Crippen LogP contribution in [0.2, 0.25) is 0 Å². The standard InChI is InChI=1S/C17H19FN4S/c1-3-15-21-14(11-23-15)10-20-16(17-19-7-8-22(17)2)12-5-4-6-13(18)9-12/h4-9,11,16,20H,3,10H2,1-2H3/t16-/m0/s1. The van der Waals surface area contributed by atoms with Gasteiger partial charge < -0.3 is 4.57 Å². The predicted molar refractivity (Wildman–Crippen MR) is 89.8 cm³/mol. The number of hydrogen-bond acceptors (Lipinski definition) is 4. The van der Waals surface area contributed by atoms with Crippen LogP contribution in [0.5, 0.6) is 0 Å². The molecule has 1 atom stereocenters. The van der Waals surface area contributed by atoms with Crippen molar-refractivity contribution >= 4 is 11.3 Å². The first-order valence-corrected chi connectivity index (χ1v) is 8.44. The summed E-state index contributed by atoms with van der Waals surface area (Å²) in [5.41, 5.74) is 1.85. The quantitative estimate of drug-likeness (QED) is 0.753. The average Bonchev–Trinajstić information content (AvgIpc) is 3.17. The summed E-state index contributed by atoms with van der Waals surface area (Å²) in [6.45, 7) is 2.71. The Morgan fingerprint density at radius 2 is 2.26 bits per heavy atom. The second kappa shape index (κ2) is 7.02. The van der Waals surface area contributed by atoms with Crippen LogP contribution in [0.1, 0.15) is 35.1 Å². The number of nitrogens with zero attached hydrogens (tertiary/aromatic N) is 3. The van der Waals surface area contributed by atoms with E-state index in [2.05, 4.69) is 27.6 Å². The lowest BCUT2D eigenvalue weighted by atomic mass is 10.1. The molecule has 1 N–H and O–H groups in total. The van der Waals surface area contributed by atoms with Crippen LogP contribution in [0, 0.1) is 5.82 Å². The van der Waals surface area contributed by atoms with Crippen LogP contribution in [0.25, 0.3) is 0 Å². The number of halogens is 1. The number of aryl methyl sites for hydroxylation is 2. The lowest BCUT2D eigenvalue weighted by Crippen LogP contribution is -2.25. The van der Waals surface area contributed by atoms with Crippen LogP contribution in [0.4, 0.5) is 4.39 Å². The molecule has 0 unspecified atom stereocenters. The van der Waals surface area contributed by atoms with Gasteiger partial charge in [0, 0.05) is 31.4 Å². The van der Waals surface area contributed by atoms with Crippen LogP contribution in [-0.2, 0) is 20.0 Å². The van der Waals surface area contributed by atoms with Gasteiger partial charge in [-0.3, -0.25) is 5.32 Å². The molecule has 0 aliphatic rings. The highest BCUT2D eigenvalue weighted by atomic mass is 32.1. The Bertz CT molecular complexity index is 780. The van der Waals surface area contributed by atoms with Crippen molar-refractivity contribution in [1.82, 2.24) is 19.9 Å². The van der Waals surface area contributed by atoms with Gasteiger partial charge in [-0.25, -0.2) is 14.4 Å². The summed E-state index contributed by atoms with van der Waals surface area (Å²) in [7, 11) is 1.94. The van der Waals surface area contributed by atoms with E-state index in [-0.39, 0.29) is 11.9 Å². The van der Waals surface area contributed by atoms with Gasteiger partial charge in [0.25, 0.3) is 0 Å². The highest BCUT2D eigenvalue weighted by Gasteiger charge is 2.18. The van der Waals surface area contributed by atoms with Crippen molar-refractivity contribution in [3.8, 4) is 0 Å². The molecule has 4 nitrogen and oxygen atoms in total. The van der Waals surface area contributed by atoms with Gasteiger partial charge in [0.1, 0.15) is 11.6 Å². The molecular formula is C17H19FN4S. The minimum Gasteiger partial charge on any atom is -0.336 e. The summed E-state index contributed by atoms with van der Waals surface area (Å²) in [5.74, 6) is 0.604. The normalized spacial score (nSPS) is 12.5. The highest BCUT2D eigenvalue weighted by molar-refractivity contribution is 7.09. The van der Waals surface area contributed by atoms with Crippen molar-refractivity contribution in [2.24, 2.45) is 7.05 Å². The highest BCUT2D eigenvalue weighted by Crippen LogP contribution is 2.22. The molecule has 0 aliphatic heterocycles. The monoisotopic (exact) mass is 330 g/mol. The van der Waals surface area contributed by atoms with E-state index >= 15 is 0 Å². The molecule has 0 aliphatic carbocycles. The number of aromatic nitrogens is 3. The molecule has 0 fully saturated rings. The summed E-state index contributed by atoms with van der Waals surface area (Å²) in [4.78, 5) is 8.99. The second-order valence-corrected chi connectivity index (χ2v) is 6.29. The van der Waals surface area contributed by atoms with E-state index in [0.717, 1.165) is 28.5 Å². The molecule has 120 valence electrons. The Hall–Kier alpha value is -2.05. The summed E-state index contributed by atoms with van der Waals surface area (Å²) >= 11 is 1.67. The van der Waals surface area contributed by atoms with Crippen LogP contribution in [0.3, 0.4) is 0 Å². The maximum absolute atomic E-state index is 13.6. The lowest BCUT2D eigenvalue weighted by Gasteiger charge is -2.18. The van der Waals surface area contributed by atoms with Crippen molar-refractivity contribution < 1.29 is 4.39 Å². The van der Waals surface area contributed by atoms with Gasteiger partial charge in [0.05, 0.1) is 16.7 Å². The number of thiazole rings is 1. The van der Waals surface area contributed by atoms with Crippen molar-refractivity contribution in [3.05, 3.63) is 69.9 Å². The van der Waals surface area contributed by atoms with Gasteiger partial charge in [-0.2, -0.15) is 0 Å². The fourth-order valence-corrected chi connectivity index (χ4v) is 3.24. The molecule has 0 amide bonds. The topological polar surface area (TPSA) is 42.7 Å². The third-order valence-electron chi connectivity index (χ3n) is 3.69. The number of nitrogens with one attached hydrogen (secondary N) is 1. The Labute approximate surface area is 139 Å². The van der Waals surface area contributed by atoms with Gasteiger partial charge in [-0.15, -0.1) is 11.3 Å². The Balaban J connectivity index is 1.85. The zero-order valence-corrected chi connectivity index (χ0v) is 14.0. The summed E-state index contributed by atoms with van der Waals surface area (Å²) < 4.78 is 15.6. The van der Waals surface area contributed by atoms with Crippen LogP contribution in [-0.4, -0.2) is 14.5 Å². The largest absolute Gasteiger partial charge is 0.336 e. The first kappa shape index (κ1) is 15.8. The minimum absolute atomic E-state index is 0.183. The second-order valence-electron chi connectivity index (χ2n) is 5.35. The van der Waals surface area contributed by atoms with Crippen molar-refractivity contribution in [3.63, 3.8) is 0 Å². The molecule has 0 saturated heterocycles. The summed E-state index contributed by atoms with van der Waals surface area (Å²) in [5, 5.41) is 6.64. The fourth-order valence-electron chi connectivity index (χ4n) is 2.50. The Morgan fingerprint density at radius 1 is 1.39 bits per heavy atom. The smallest absolute Gasteiger partial charge is 0.130 e. The molecule has 0 bridgehead atoms. The molecule has 1 aromatic carbocycles. The van der Waals surface area contributed by atoms with Gasteiger partial charge in [-0.05, 0) is 24.1 Å². The number of hydrogen-bond donors (Lipinski definition) is 1. The molecule has 2 heterocycles. The SMILES string of the molecule is CCc1nc(CN[C@@H](c2cccc(F)c2)c2nccn2C)cs1. The zero-order valence-electron chi connectivity index (χ0n) is 13.2. The van der Waals surface area contributed by atoms with Gasteiger partial charge >= 0.3 is 0 Å². The van der Waals surface area contributed by atoms with E-state index in [1.54, 1.807) is 29.7 Å². The molecular weight excluding hydrogens is 311 g/mol. The Kier molecular flexibility index (Phi) is 4.83. The molecule has 23 heavy (non-hydrogen) atoms. The number of benzene rings is 1. The third kappa shape index (κ3) is 3.65. The van der Waals surface area contributed by atoms with E-state index in [4.69, 9.17) is 0 Å². The first-order chi connectivity index (χ1) is 11.2. The molecule has 3 rings (SSSR count). The molecule has 0 spiro atoms. The van der Waals surface area contributed by atoms with Gasteiger partial charge in [0.2, 0.25) is 0 Å². The van der Waals surface area contributed by atoms with Crippen LogP contribution >= 0.6 is 11.3 Å². The van der Waals surface area contributed by atoms with Crippen LogP contribution < -0.4 is 5.32 Å². The van der Waals surface area contributed by atoms with Crippen molar-refractivity contribution in [1.29, 1.82) is 0 Å². The first-order valence-electron chi connectivity index (χ1n) is 7.56. The molecule has 3 aromatic rings. The predicted octanol–water partition coefficient (Wildman–Crippen LogP) is 3.46. The molecule has 0 saturated carbocycles. The average molecular weight is 330 g/mol. The van der Waals surface area contributed by atoms with Crippen molar-refractivity contribution in [2.45, 2.75) is 25.9 Å². The van der Waals surface area contributed by atoms with E-state index in [0.29, 0.717) is 6.54 Å². The van der Waals surface area contributed by atoms with Crippen molar-refractivity contribution in [2.75, 3.05) is 0 Å². The molecule has 0 radical (unpaired) electrons. The minimum atomic E-state index is -0.245. The number of rotatable bonds is 6. The van der Waals surface area contributed by atoms with Gasteiger partial charge in [-0.1, -0.05) is 19.1 Å². The third-order valence-corrected chi connectivity index (χ3v) is 4.73. The lowest BCUT2D eigenvalue weighted by molar-refractivity contribution is 0.547. The van der Waals surface area contributed by atoms with E-state index in [1.165, 1.54) is 6.07 Å².